The summed E-state index contributed by atoms with van der Waals surface area (Å²) in [4.78, 5) is 115. The van der Waals surface area contributed by atoms with Gasteiger partial charge in [0.05, 0.1) is 67.3 Å². The van der Waals surface area contributed by atoms with E-state index in [1.807, 2.05) is 86.6 Å². The lowest BCUT2D eigenvalue weighted by atomic mass is 9.78. The number of nitrogens with zero attached hydrogens (tertiary/aromatic N) is 4. The van der Waals surface area contributed by atoms with Gasteiger partial charge in [0.15, 0.2) is 0 Å². The van der Waals surface area contributed by atoms with Gasteiger partial charge in [-0.05, 0) is 180 Å². The monoisotopic (exact) mass is 1260 g/mol. The summed E-state index contributed by atoms with van der Waals surface area (Å²) in [6.45, 7) is 12.3. The van der Waals surface area contributed by atoms with Crippen LogP contribution in [0.2, 0.25) is 0 Å². The van der Waals surface area contributed by atoms with E-state index in [0.717, 1.165) is 47.4 Å². The maximum absolute atomic E-state index is 14.2. The van der Waals surface area contributed by atoms with Gasteiger partial charge in [0.2, 0.25) is 0 Å². The number of carbonyl (C=O) groups excluding carboxylic acids is 8. The Labute approximate surface area is 546 Å². The molecule has 2 atom stereocenters. The van der Waals surface area contributed by atoms with Gasteiger partial charge in [-0.25, -0.2) is 19.6 Å². The van der Waals surface area contributed by atoms with Gasteiger partial charge in [0.25, 0.3) is 47.3 Å². The summed E-state index contributed by atoms with van der Waals surface area (Å²) in [6.07, 6.45) is -0.296. The molecule has 0 saturated carbocycles. The number of ether oxygens (including phenoxy) is 3. The van der Waals surface area contributed by atoms with Crippen molar-refractivity contribution in [2.45, 2.75) is 71.0 Å². The number of rotatable bonds is 17. The van der Waals surface area contributed by atoms with Gasteiger partial charge < -0.3 is 19.3 Å². The SMILES string of the molecule is CCC(Oc1ccc2c(c1)C(=O)N(c1cccc(N3C(=O)c4ccccc4C3=O)c1)C2=O)c1ccc(C(C)(C)c2ccc(Oc3ccc4c(c3)C(=O)N(c3cccc(N5C(=O)c6ccc(C(C)Oc7ccc(C(C)(C)c8ccc(O)cc8)cc7)cc6C5=O)c3)C4=O)cc2)cc1. The second-order valence-corrected chi connectivity index (χ2v) is 24.9. The molecule has 0 spiro atoms. The third-order valence-electron chi connectivity index (χ3n) is 18.5. The van der Waals surface area contributed by atoms with Gasteiger partial charge >= 0.3 is 0 Å². The lowest BCUT2D eigenvalue weighted by Gasteiger charge is -2.27. The molecule has 1 N–H and O–H groups in total. The van der Waals surface area contributed by atoms with Crippen LogP contribution < -0.4 is 33.8 Å². The van der Waals surface area contributed by atoms with Gasteiger partial charge in [-0.2, -0.15) is 0 Å². The molecule has 10 aromatic carbocycles. The zero-order valence-corrected chi connectivity index (χ0v) is 52.5. The van der Waals surface area contributed by atoms with Crippen LogP contribution in [0, 0.1) is 0 Å². The zero-order valence-electron chi connectivity index (χ0n) is 52.5. The highest BCUT2D eigenvalue weighted by Crippen LogP contribution is 2.42. The van der Waals surface area contributed by atoms with Crippen LogP contribution in [0.15, 0.2) is 224 Å². The average Bonchev–Trinajstić information content (AvgIpc) is 1.63. The van der Waals surface area contributed by atoms with Crippen LogP contribution in [0.4, 0.5) is 22.7 Å². The van der Waals surface area contributed by atoms with E-state index in [4.69, 9.17) is 14.2 Å². The fraction of sp³-hybridized carbons (Fsp3) is 0.139. The van der Waals surface area contributed by atoms with Crippen molar-refractivity contribution >= 4 is 70.0 Å². The van der Waals surface area contributed by atoms with Gasteiger partial charge in [-0.3, -0.25) is 38.4 Å². The molecule has 16 nitrogen and oxygen atoms in total. The topological polar surface area (TPSA) is 197 Å². The summed E-state index contributed by atoms with van der Waals surface area (Å²) >= 11 is 0. The van der Waals surface area contributed by atoms with Crippen molar-refractivity contribution in [2.24, 2.45) is 0 Å². The maximum Gasteiger partial charge on any atom is 0.266 e. The molecule has 0 aromatic heterocycles. The van der Waals surface area contributed by atoms with Gasteiger partial charge in [0, 0.05) is 10.8 Å². The molecule has 4 aliphatic rings. The summed E-state index contributed by atoms with van der Waals surface area (Å²) in [6, 6.07) is 64.2. The Morgan fingerprint density at radius 2 is 0.674 bits per heavy atom. The van der Waals surface area contributed by atoms with Crippen molar-refractivity contribution in [3.63, 3.8) is 0 Å². The Balaban J connectivity index is 0.601. The molecule has 95 heavy (non-hydrogen) atoms. The van der Waals surface area contributed by atoms with Crippen LogP contribution in [0.25, 0.3) is 0 Å². The molecule has 0 fully saturated rings. The first-order chi connectivity index (χ1) is 45.7. The molecule has 14 rings (SSSR count). The number of hydrogen-bond acceptors (Lipinski definition) is 12. The number of hydrogen-bond donors (Lipinski definition) is 1. The van der Waals surface area contributed by atoms with E-state index in [-0.39, 0.29) is 78.4 Å². The number of anilines is 4. The molecule has 0 saturated heterocycles. The molecule has 0 bridgehead atoms. The molecular formula is C79H60N4O12. The van der Waals surface area contributed by atoms with Crippen LogP contribution in [0.1, 0.15) is 176 Å². The summed E-state index contributed by atoms with van der Waals surface area (Å²) in [5.41, 5.74) is 7.33. The second-order valence-electron chi connectivity index (χ2n) is 24.9. The summed E-state index contributed by atoms with van der Waals surface area (Å²) in [5, 5.41) is 9.80. The fourth-order valence-corrected chi connectivity index (χ4v) is 12.9. The number of phenols is 1. The molecule has 4 aliphatic heterocycles. The molecule has 2 unspecified atom stereocenters. The highest BCUT2D eigenvalue weighted by atomic mass is 16.5. The largest absolute Gasteiger partial charge is 0.508 e. The third kappa shape index (κ3) is 10.4. The molecule has 8 amide bonds. The minimum atomic E-state index is -0.598. The normalized spacial score (nSPS) is 14.9. The summed E-state index contributed by atoms with van der Waals surface area (Å²) < 4.78 is 19.1. The smallest absolute Gasteiger partial charge is 0.266 e. The maximum atomic E-state index is 14.2. The van der Waals surface area contributed by atoms with E-state index in [0.29, 0.717) is 35.0 Å². The van der Waals surface area contributed by atoms with E-state index in [1.54, 1.807) is 121 Å². The first-order valence-corrected chi connectivity index (χ1v) is 31.1. The fourth-order valence-electron chi connectivity index (χ4n) is 12.9. The number of carbonyl (C=O) groups is 8. The summed E-state index contributed by atoms with van der Waals surface area (Å²) in [5.74, 6) is -2.30. The number of aromatic hydroxyl groups is 1. The number of amides is 8. The summed E-state index contributed by atoms with van der Waals surface area (Å²) in [7, 11) is 0. The van der Waals surface area contributed by atoms with E-state index in [9.17, 15) is 43.5 Å². The Bertz CT molecular complexity index is 4870. The lowest BCUT2D eigenvalue weighted by molar-refractivity contribution is 0.0908. The molecule has 10 aromatic rings. The molecule has 468 valence electrons. The van der Waals surface area contributed by atoms with Crippen LogP contribution in [-0.4, -0.2) is 52.4 Å². The van der Waals surface area contributed by atoms with Crippen molar-refractivity contribution in [1.29, 1.82) is 0 Å². The number of benzene rings is 10. The predicted octanol–water partition coefficient (Wildman–Crippen LogP) is 15.7. The van der Waals surface area contributed by atoms with Crippen LogP contribution in [-0.2, 0) is 10.8 Å². The zero-order chi connectivity index (χ0) is 66.4. The quantitative estimate of drug-likeness (QED) is 0.0848. The van der Waals surface area contributed by atoms with Crippen molar-refractivity contribution in [1.82, 2.24) is 0 Å². The predicted molar refractivity (Wildman–Crippen MR) is 358 cm³/mol. The number of phenolic OH excluding ortho intramolecular Hbond substituents is 1. The number of fused-ring (bicyclic) bond motifs is 4. The van der Waals surface area contributed by atoms with Crippen LogP contribution in [0.5, 0.6) is 28.7 Å². The van der Waals surface area contributed by atoms with Crippen molar-refractivity contribution in [3.05, 3.63) is 302 Å². The minimum absolute atomic E-state index is 0.128. The van der Waals surface area contributed by atoms with Gasteiger partial charge in [-0.15, -0.1) is 0 Å². The second kappa shape index (κ2) is 23.3. The molecular weight excluding hydrogens is 1200 g/mol. The standard InChI is InChI=1S/C79H60N4O12/c1-7-69(95-60-36-39-65-68(44-60)77(92)83(74(65)89)54-14-10-12-52(41-54)80-70(85)61-16-8-9-17-62(61)71(80)86)46-18-21-48(22-19-46)78(3,4)51-27-33-58(34-28-51)94-59-35-38-64-67(43-59)76(91)82(73(64)88)55-15-11-13-53(42-55)81-72(87)63-37-20-47(40-66(63)75(81)90)45(2)93-57-31-25-50(26-32-57)79(5,6)49-23-29-56(84)30-24-49/h8-45,69,84H,7H2,1-6H3. The van der Waals surface area contributed by atoms with Crippen molar-refractivity contribution in [2.75, 3.05) is 19.6 Å². The van der Waals surface area contributed by atoms with E-state index in [2.05, 4.69) is 39.8 Å². The highest BCUT2D eigenvalue weighted by Gasteiger charge is 2.43. The Morgan fingerprint density at radius 3 is 1.12 bits per heavy atom. The van der Waals surface area contributed by atoms with Crippen molar-refractivity contribution < 1.29 is 57.7 Å². The van der Waals surface area contributed by atoms with Gasteiger partial charge in [-0.1, -0.05) is 126 Å². The van der Waals surface area contributed by atoms with Crippen LogP contribution >= 0.6 is 0 Å². The first kappa shape index (κ1) is 60.5. The Kier molecular flexibility index (Phi) is 14.8. The molecule has 4 heterocycles. The van der Waals surface area contributed by atoms with Gasteiger partial charge in [0.1, 0.15) is 41.0 Å². The minimum Gasteiger partial charge on any atom is -0.508 e. The molecule has 0 radical (unpaired) electrons. The lowest BCUT2D eigenvalue weighted by Crippen LogP contribution is -2.31. The van der Waals surface area contributed by atoms with Crippen LogP contribution in [0.3, 0.4) is 0 Å². The first-order valence-electron chi connectivity index (χ1n) is 31.1. The van der Waals surface area contributed by atoms with E-state index in [1.165, 1.54) is 18.2 Å². The Morgan fingerprint density at radius 1 is 0.337 bits per heavy atom. The van der Waals surface area contributed by atoms with Crippen molar-refractivity contribution in [3.8, 4) is 28.7 Å². The third-order valence-corrected chi connectivity index (χ3v) is 18.5. The Hall–Kier alpha value is -12.0. The average molecular weight is 1260 g/mol. The highest BCUT2D eigenvalue weighted by molar-refractivity contribution is 6.38. The molecule has 16 heteroatoms. The number of imide groups is 4. The van der Waals surface area contributed by atoms with E-state index >= 15 is 0 Å². The van der Waals surface area contributed by atoms with E-state index < -0.39 is 64.9 Å². The molecule has 0 aliphatic carbocycles.